The van der Waals surface area contributed by atoms with Crippen LogP contribution in [-0.4, -0.2) is 64.0 Å². The standard InChI is InChI=1S/C28H30F2N8O/c29-28(30)8-13-38(14-9-28)26-22-16-23(37-25(22)33-17-34-26)18-1-3-19(4-2-18)36-27(39)24-15-21(7-12-32-24)35-20-5-10-31-11-6-20/h1-4,7,12,15-17,20,31H,5-6,8-11,13-14H2,(H,32,35)(H,36,39)(H,33,34,37). The number of pyridine rings is 1. The zero-order valence-corrected chi connectivity index (χ0v) is 21.4. The molecule has 2 aliphatic rings. The number of carbonyl (C=O) groups is 1. The van der Waals surface area contributed by atoms with Crippen LogP contribution >= 0.6 is 0 Å². The van der Waals surface area contributed by atoms with Crippen LogP contribution in [0, 0.1) is 0 Å². The minimum Gasteiger partial charge on any atom is -0.382 e. The predicted molar refractivity (Wildman–Crippen MR) is 147 cm³/mol. The lowest BCUT2D eigenvalue weighted by molar-refractivity contribution is -0.0221. The first-order chi connectivity index (χ1) is 18.9. The van der Waals surface area contributed by atoms with E-state index >= 15 is 0 Å². The van der Waals surface area contributed by atoms with Crippen LogP contribution in [0.15, 0.2) is 55.0 Å². The molecule has 6 rings (SSSR count). The number of alkyl halides is 2. The second-order valence-corrected chi connectivity index (χ2v) is 10.1. The first-order valence-electron chi connectivity index (χ1n) is 13.3. The number of nitrogens with one attached hydrogen (secondary N) is 4. The Morgan fingerprint density at radius 2 is 1.74 bits per heavy atom. The maximum Gasteiger partial charge on any atom is 0.274 e. The summed E-state index contributed by atoms with van der Waals surface area (Å²) in [7, 11) is 0. The van der Waals surface area contributed by atoms with Crippen molar-refractivity contribution in [3.63, 3.8) is 0 Å². The summed E-state index contributed by atoms with van der Waals surface area (Å²) >= 11 is 0. The average Bonchev–Trinajstić information content (AvgIpc) is 3.39. The van der Waals surface area contributed by atoms with Crippen molar-refractivity contribution >= 4 is 34.1 Å². The summed E-state index contributed by atoms with van der Waals surface area (Å²) in [4.78, 5) is 31.0. The maximum atomic E-state index is 13.6. The number of hydrogen-bond donors (Lipinski definition) is 4. The van der Waals surface area contributed by atoms with E-state index < -0.39 is 5.92 Å². The van der Waals surface area contributed by atoms with Crippen LogP contribution in [0.1, 0.15) is 36.2 Å². The van der Waals surface area contributed by atoms with Crippen LogP contribution < -0.4 is 20.9 Å². The van der Waals surface area contributed by atoms with E-state index in [4.69, 9.17) is 0 Å². The van der Waals surface area contributed by atoms with Crippen LogP contribution in [0.3, 0.4) is 0 Å². The minimum absolute atomic E-state index is 0.183. The van der Waals surface area contributed by atoms with Crippen LogP contribution in [-0.2, 0) is 0 Å². The van der Waals surface area contributed by atoms with Gasteiger partial charge in [0.1, 0.15) is 23.5 Å². The van der Waals surface area contributed by atoms with Crippen molar-refractivity contribution in [2.24, 2.45) is 0 Å². The topological polar surface area (TPSA) is 111 Å². The zero-order chi connectivity index (χ0) is 26.8. The van der Waals surface area contributed by atoms with E-state index in [2.05, 4.69) is 35.9 Å². The van der Waals surface area contributed by atoms with Gasteiger partial charge in [-0.2, -0.15) is 0 Å². The van der Waals surface area contributed by atoms with E-state index in [1.54, 1.807) is 12.3 Å². The third kappa shape index (κ3) is 5.68. The number of aromatic nitrogens is 4. The number of rotatable bonds is 6. The fraction of sp³-hybridized carbons (Fsp3) is 0.357. The maximum absolute atomic E-state index is 13.6. The van der Waals surface area contributed by atoms with Gasteiger partial charge in [0.25, 0.3) is 11.8 Å². The first-order valence-corrected chi connectivity index (χ1v) is 13.3. The molecular formula is C28H30F2N8O. The van der Waals surface area contributed by atoms with Crippen molar-refractivity contribution < 1.29 is 13.6 Å². The molecule has 0 unspecified atom stereocenters. The van der Waals surface area contributed by atoms with E-state index in [1.165, 1.54) is 6.33 Å². The van der Waals surface area contributed by atoms with E-state index in [9.17, 15) is 13.6 Å². The van der Waals surface area contributed by atoms with Gasteiger partial charge in [-0.3, -0.25) is 9.78 Å². The molecule has 2 saturated heterocycles. The highest BCUT2D eigenvalue weighted by molar-refractivity contribution is 6.03. The lowest BCUT2D eigenvalue weighted by atomic mass is 10.1. The van der Waals surface area contributed by atoms with Gasteiger partial charge < -0.3 is 25.8 Å². The molecule has 1 amide bonds. The number of hydrogen-bond acceptors (Lipinski definition) is 7. The monoisotopic (exact) mass is 532 g/mol. The van der Waals surface area contributed by atoms with Gasteiger partial charge in [-0.1, -0.05) is 12.1 Å². The van der Waals surface area contributed by atoms with Gasteiger partial charge in [-0.15, -0.1) is 0 Å². The van der Waals surface area contributed by atoms with Gasteiger partial charge in [-0.25, -0.2) is 18.7 Å². The fourth-order valence-electron chi connectivity index (χ4n) is 5.15. The van der Waals surface area contributed by atoms with E-state index in [-0.39, 0.29) is 31.8 Å². The molecule has 0 radical (unpaired) electrons. The van der Waals surface area contributed by atoms with Crippen LogP contribution in [0.2, 0.25) is 0 Å². The highest BCUT2D eigenvalue weighted by atomic mass is 19.3. The molecule has 5 heterocycles. The number of halogens is 2. The first kappa shape index (κ1) is 25.2. The highest BCUT2D eigenvalue weighted by Crippen LogP contribution is 2.34. The number of fused-ring (bicyclic) bond motifs is 1. The molecule has 39 heavy (non-hydrogen) atoms. The average molecular weight is 533 g/mol. The molecule has 0 aliphatic carbocycles. The second-order valence-electron chi connectivity index (χ2n) is 10.1. The van der Waals surface area contributed by atoms with Crippen molar-refractivity contribution in [1.82, 2.24) is 25.3 Å². The number of amides is 1. The van der Waals surface area contributed by atoms with Gasteiger partial charge in [-0.05, 0) is 61.8 Å². The van der Waals surface area contributed by atoms with Gasteiger partial charge >= 0.3 is 0 Å². The minimum atomic E-state index is -2.62. The van der Waals surface area contributed by atoms with Gasteiger partial charge in [0.2, 0.25) is 0 Å². The molecule has 0 atom stereocenters. The van der Waals surface area contributed by atoms with Gasteiger partial charge in [0, 0.05) is 55.2 Å². The Balaban J connectivity index is 1.14. The molecule has 4 aromatic rings. The quantitative estimate of drug-likeness (QED) is 0.286. The van der Waals surface area contributed by atoms with Gasteiger partial charge in [0.05, 0.1) is 5.39 Å². The number of aromatic amines is 1. The molecule has 11 heteroatoms. The molecule has 202 valence electrons. The summed E-state index contributed by atoms with van der Waals surface area (Å²) in [5.41, 5.74) is 4.24. The number of H-pyrrole nitrogens is 1. The number of nitrogens with zero attached hydrogens (tertiary/aromatic N) is 4. The molecule has 4 N–H and O–H groups in total. The SMILES string of the molecule is O=C(Nc1ccc(-c2cc3c(N4CCC(F)(F)CC4)ncnc3[nH]2)cc1)c1cc(NC2CCNCC2)ccn1. The van der Waals surface area contributed by atoms with Crippen molar-refractivity contribution in [3.05, 3.63) is 60.7 Å². The Labute approximate surface area is 224 Å². The van der Waals surface area contributed by atoms with E-state index in [1.807, 2.05) is 41.3 Å². The summed E-state index contributed by atoms with van der Waals surface area (Å²) in [6, 6.07) is 13.4. The lowest BCUT2D eigenvalue weighted by Crippen LogP contribution is -2.39. The molecule has 2 fully saturated rings. The summed E-state index contributed by atoms with van der Waals surface area (Å²) in [5.74, 6) is -2.24. The Morgan fingerprint density at radius 3 is 2.51 bits per heavy atom. The fourth-order valence-corrected chi connectivity index (χ4v) is 5.15. The smallest absolute Gasteiger partial charge is 0.274 e. The molecule has 3 aromatic heterocycles. The normalized spacial score (nSPS) is 17.7. The number of benzene rings is 1. The Kier molecular flexibility index (Phi) is 6.82. The summed E-state index contributed by atoms with van der Waals surface area (Å²) < 4.78 is 27.3. The van der Waals surface area contributed by atoms with Crippen molar-refractivity contribution in [2.45, 2.75) is 37.6 Å². The molecule has 0 saturated carbocycles. The predicted octanol–water partition coefficient (Wildman–Crippen LogP) is 4.67. The number of anilines is 3. The van der Waals surface area contributed by atoms with Crippen LogP contribution in [0.4, 0.5) is 26.0 Å². The largest absolute Gasteiger partial charge is 0.382 e. The third-order valence-corrected chi connectivity index (χ3v) is 7.36. The van der Waals surface area contributed by atoms with Gasteiger partial charge in [0.15, 0.2) is 0 Å². The third-order valence-electron chi connectivity index (χ3n) is 7.36. The Morgan fingerprint density at radius 1 is 0.974 bits per heavy atom. The highest BCUT2D eigenvalue weighted by Gasteiger charge is 2.35. The van der Waals surface area contributed by atoms with Crippen LogP contribution in [0.5, 0.6) is 0 Å². The Bertz CT molecular complexity index is 1460. The van der Waals surface area contributed by atoms with Crippen molar-refractivity contribution in [3.8, 4) is 11.3 Å². The van der Waals surface area contributed by atoms with E-state index in [0.717, 1.165) is 48.3 Å². The zero-order valence-electron chi connectivity index (χ0n) is 21.4. The Hall–Kier alpha value is -4.12. The van der Waals surface area contributed by atoms with Crippen molar-refractivity contribution in [2.75, 3.05) is 41.7 Å². The molecule has 0 spiro atoms. The lowest BCUT2D eigenvalue weighted by Gasteiger charge is -2.32. The molecule has 1 aromatic carbocycles. The number of piperidine rings is 2. The number of carbonyl (C=O) groups excluding carboxylic acids is 1. The summed E-state index contributed by atoms with van der Waals surface area (Å²) in [6.45, 7) is 2.47. The second kappa shape index (κ2) is 10.6. The van der Waals surface area contributed by atoms with Crippen LogP contribution in [0.25, 0.3) is 22.3 Å². The van der Waals surface area contributed by atoms with Crippen molar-refractivity contribution in [1.29, 1.82) is 0 Å². The molecular weight excluding hydrogens is 502 g/mol. The summed E-state index contributed by atoms with van der Waals surface area (Å²) in [6.07, 6.45) is 4.81. The molecule has 9 nitrogen and oxygen atoms in total. The van der Waals surface area contributed by atoms with E-state index in [0.29, 0.717) is 28.9 Å². The molecule has 0 bridgehead atoms. The summed E-state index contributed by atoms with van der Waals surface area (Å²) in [5, 5.41) is 10.5. The molecule has 2 aliphatic heterocycles.